The molecule has 0 bridgehead atoms. The molecular formula is C25H23Cl2NTi. The number of benzene rings is 2. The Kier molecular flexibility index (Phi) is 9.59. The van der Waals surface area contributed by atoms with Gasteiger partial charge in [-0.05, 0) is 24.7 Å². The summed E-state index contributed by atoms with van der Waals surface area (Å²) in [6.45, 7) is 6.38. The van der Waals surface area contributed by atoms with E-state index in [1.165, 1.54) is 44.2 Å². The van der Waals surface area contributed by atoms with Crippen molar-refractivity contribution in [3.63, 3.8) is 0 Å². The predicted octanol–water partition coefficient (Wildman–Crippen LogP) is 0.902. The van der Waals surface area contributed by atoms with Gasteiger partial charge in [-0.3, -0.25) is 6.08 Å². The van der Waals surface area contributed by atoms with E-state index in [1.54, 1.807) is 0 Å². The number of nitrogens with zero attached hydrogens (tertiary/aromatic N) is 1. The molecule has 0 saturated heterocycles. The molecule has 4 heteroatoms. The number of aryl methyl sites for hydroxylation is 1. The van der Waals surface area contributed by atoms with Gasteiger partial charge in [0, 0.05) is 11.1 Å². The molecule has 0 amide bonds. The maximum atomic E-state index is 3.19. The van der Waals surface area contributed by atoms with Crippen molar-refractivity contribution < 1.29 is 46.5 Å². The number of fused-ring (bicyclic) bond motifs is 2. The van der Waals surface area contributed by atoms with E-state index in [0.717, 1.165) is 6.42 Å². The first kappa shape index (κ1) is 25.4. The number of para-hydroxylation sites is 1. The zero-order valence-corrected chi connectivity index (χ0v) is 19.9. The third-order valence-electron chi connectivity index (χ3n) is 5.12. The van der Waals surface area contributed by atoms with E-state index in [1.807, 2.05) is 0 Å². The summed E-state index contributed by atoms with van der Waals surface area (Å²) in [6, 6.07) is 23.8. The largest absolute Gasteiger partial charge is 4.00 e. The van der Waals surface area contributed by atoms with Gasteiger partial charge in [-0.25, -0.2) is 11.1 Å². The fourth-order valence-electron chi connectivity index (χ4n) is 3.55. The van der Waals surface area contributed by atoms with E-state index in [9.17, 15) is 0 Å². The molecule has 1 aliphatic rings. The van der Waals surface area contributed by atoms with Crippen LogP contribution in [0.15, 0.2) is 84.0 Å². The van der Waals surface area contributed by atoms with E-state index in [2.05, 4.69) is 104 Å². The van der Waals surface area contributed by atoms with Crippen molar-refractivity contribution in [3.8, 4) is 5.69 Å². The number of rotatable bonds is 1. The minimum atomic E-state index is 0. The number of allylic oxidation sites excluding steroid dienone is 4. The van der Waals surface area contributed by atoms with E-state index < -0.39 is 0 Å². The summed E-state index contributed by atoms with van der Waals surface area (Å²) >= 11 is 0. The Labute approximate surface area is 200 Å². The van der Waals surface area contributed by atoms with Crippen LogP contribution in [0.5, 0.6) is 0 Å². The molecule has 146 valence electrons. The third-order valence-corrected chi connectivity index (χ3v) is 5.12. The van der Waals surface area contributed by atoms with Gasteiger partial charge >= 0.3 is 21.7 Å². The van der Waals surface area contributed by atoms with Gasteiger partial charge in [0.05, 0.1) is 5.52 Å². The minimum absolute atomic E-state index is 0. The van der Waals surface area contributed by atoms with Gasteiger partial charge in [-0.15, -0.1) is 54.4 Å². The fourth-order valence-corrected chi connectivity index (χ4v) is 3.55. The van der Waals surface area contributed by atoms with Crippen molar-refractivity contribution in [2.24, 2.45) is 0 Å². The van der Waals surface area contributed by atoms with Crippen LogP contribution < -0.4 is 24.8 Å². The van der Waals surface area contributed by atoms with Gasteiger partial charge in [0.2, 0.25) is 0 Å². The van der Waals surface area contributed by atoms with Crippen molar-refractivity contribution in [3.05, 3.63) is 95.7 Å². The molecule has 0 N–H and O–H groups in total. The fraction of sp³-hybridized carbons (Fsp3) is 0.160. The molecule has 0 unspecified atom stereocenters. The number of hydrogen-bond donors (Lipinski definition) is 0. The zero-order chi connectivity index (χ0) is 18.1. The molecule has 1 nitrogen and oxygen atoms in total. The van der Waals surface area contributed by atoms with Crippen molar-refractivity contribution in [1.82, 2.24) is 4.57 Å². The number of aromatic nitrogens is 1. The first-order valence-corrected chi connectivity index (χ1v) is 9.11. The summed E-state index contributed by atoms with van der Waals surface area (Å²) in [5.74, 6) is 0. The van der Waals surface area contributed by atoms with Crippen LogP contribution in [0.2, 0.25) is 0 Å². The maximum absolute atomic E-state index is 3.19. The molecule has 3 aromatic carbocycles. The monoisotopic (exact) mass is 455 g/mol. The van der Waals surface area contributed by atoms with Crippen LogP contribution in [0.1, 0.15) is 26.0 Å². The van der Waals surface area contributed by atoms with Crippen LogP contribution in [-0.4, -0.2) is 4.57 Å². The Hall–Kier alpha value is -1.64. The molecule has 4 aromatic rings. The topological polar surface area (TPSA) is 4.93 Å². The second-order valence-electron chi connectivity index (χ2n) is 6.92. The average Bonchev–Trinajstić information content (AvgIpc) is 3.31. The molecule has 29 heavy (non-hydrogen) atoms. The van der Waals surface area contributed by atoms with Gasteiger partial charge in [0.15, 0.2) is 0 Å². The standard InChI is InChI=1S/C18H14N.C7H9.2ClH.Ti/c1-13-10-16-8-4-5-9-18(16)19(13)17-11-14-6-2-3-7-15(14)12-17;1-6-4-3-5-7(6)2;;;/h2-12H,1H3;4H,3H2,1-2H3;2*1H;/q2*-1;;;+4/p-2. The van der Waals surface area contributed by atoms with Crippen molar-refractivity contribution in [2.45, 2.75) is 27.2 Å². The first-order valence-electron chi connectivity index (χ1n) is 9.11. The number of hydrogen-bond acceptors (Lipinski definition) is 0. The molecule has 0 aliphatic heterocycles. The van der Waals surface area contributed by atoms with Crippen molar-refractivity contribution >= 4 is 21.7 Å². The maximum Gasteiger partial charge on any atom is 4.00 e. The Morgan fingerprint density at radius 3 is 2.10 bits per heavy atom. The summed E-state index contributed by atoms with van der Waals surface area (Å²) < 4.78 is 2.33. The van der Waals surface area contributed by atoms with E-state index in [-0.39, 0.29) is 46.5 Å². The second-order valence-corrected chi connectivity index (χ2v) is 6.92. The van der Waals surface area contributed by atoms with Crippen LogP contribution in [-0.2, 0) is 21.7 Å². The number of halogens is 2. The molecule has 0 saturated carbocycles. The summed E-state index contributed by atoms with van der Waals surface area (Å²) in [6.07, 6.45) is 6.41. The van der Waals surface area contributed by atoms with Crippen molar-refractivity contribution in [1.29, 1.82) is 0 Å². The summed E-state index contributed by atoms with van der Waals surface area (Å²) in [5.41, 5.74) is 6.51. The van der Waals surface area contributed by atoms with E-state index in [4.69, 9.17) is 0 Å². The van der Waals surface area contributed by atoms with E-state index in [0.29, 0.717) is 0 Å². The van der Waals surface area contributed by atoms with E-state index >= 15 is 0 Å². The van der Waals surface area contributed by atoms with Crippen LogP contribution in [0.3, 0.4) is 0 Å². The Morgan fingerprint density at radius 2 is 1.52 bits per heavy atom. The average molecular weight is 456 g/mol. The predicted molar refractivity (Wildman–Crippen MR) is 112 cm³/mol. The summed E-state index contributed by atoms with van der Waals surface area (Å²) in [5, 5.41) is 3.90. The molecule has 1 aromatic heterocycles. The minimum Gasteiger partial charge on any atom is -1.00 e. The van der Waals surface area contributed by atoms with Gasteiger partial charge in [-0.1, -0.05) is 31.2 Å². The smallest absolute Gasteiger partial charge is 1.00 e. The first-order chi connectivity index (χ1) is 12.6. The summed E-state index contributed by atoms with van der Waals surface area (Å²) in [7, 11) is 0. The molecular weight excluding hydrogens is 433 g/mol. The molecule has 0 atom stereocenters. The second kappa shape index (κ2) is 10.9. The van der Waals surface area contributed by atoms with Gasteiger partial charge in [-0.2, -0.15) is 6.08 Å². The zero-order valence-electron chi connectivity index (χ0n) is 16.8. The molecule has 0 fully saturated rings. The molecule has 5 rings (SSSR count). The Balaban J connectivity index is 0.000000365. The normalized spacial score (nSPS) is 12.1. The van der Waals surface area contributed by atoms with Crippen LogP contribution in [0, 0.1) is 13.0 Å². The molecule has 0 radical (unpaired) electrons. The SMILES string of the molecule is CC1=[C-]CC=C1C.Cc1cc2ccccc2n1-c1cc2ccccc2[cH-]1.[Cl-].[Cl-].[Ti+4]. The molecule has 1 aliphatic carbocycles. The Morgan fingerprint density at radius 1 is 0.862 bits per heavy atom. The molecule has 1 heterocycles. The van der Waals surface area contributed by atoms with Gasteiger partial charge in [0.25, 0.3) is 0 Å². The van der Waals surface area contributed by atoms with Gasteiger partial charge in [0.1, 0.15) is 0 Å². The summed E-state index contributed by atoms with van der Waals surface area (Å²) in [4.78, 5) is 0. The Bertz CT molecular complexity index is 1100. The van der Waals surface area contributed by atoms with Gasteiger partial charge < -0.3 is 29.4 Å². The third kappa shape index (κ3) is 5.30. The molecule has 0 spiro atoms. The quantitative estimate of drug-likeness (QED) is 0.297. The van der Waals surface area contributed by atoms with Crippen LogP contribution >= 0.6 is 0 Å². The van der Waals surface area contributed by atoms with Crippen molar-refractivity contribution in [2.75, 3.05) is 0 Å². The van der Waals surface area contributed by atoms with Crippen LogP contribution in [0.25, 0.3) is 27.4 Å². The van der Waals surface area contributed by atoms with Crippen LogP contribution in [0.4, 0.5) is 0 Å².